The maximum atomic E-state index is 11.7. The molecule has 2 fully saturated rings. The number of phosphoric acid groups is 4. The minimum atomic E-state index is -6.03. The Kier molecular flexibility index (Phi) is 9.39. The highest BCUT2D eigenvalue weighted by molar-refractivity contribution is 7.69. The highest BCUT2D eigenvalue weighted by Gasteiger charge is 2.48. The SMILES string of the molecule is O=P(O)(OC[C@H]1OCC(O)[C@H]1O)OP(=O)(O)OP(=O)(O)OP(=O)(O)O[C@H]1OCC(O)C1O. The molecule has 2 heterocycles. The van der Waals surface area contributed by atoms with E-state index in [0.29, 0.717) is 0 Å². The Morgan fingerprint density at radius 2 is 1.16 bits per heavy atom. The zero-order valence-electron chi connectivity index (χ0n) is 15.4. The van der Waals surface area contributed by atoms with Crippen LogP contribution in [0, 0.1) is 0 Å². The number of aliphatic hydroxyl groups is 4. The molecule has 2 rings (SSSR count). The Hall–Kier alpha value is 0.320. The number of rotatable bonds is 11. The van der Waals surface area contributed by atoms with Gasteiger partial charge < -0.3 is 49.5 Å². The predicted octanol–water partition coefficient (Wildman–Crippen LogP) is -2.33. The first-order valence-electron chi connectivity index (χ1n) is 8.15. The molecule has 10 atom stereocenters. The third-order valence-corrected chi connectivity index (χ3v) is 9.52. The van der Waals surface area contributed by atoms with Crippen molar-refractivity contribution in [2.45, 2.75) is 36.8 Å². The van der Waals surface area contributed by atoms with Crippen LogP contribution in [0.1, 0.15) is 0 Å². The number of aliphatic hydroxyl groups excluding tert-OH is 4. The predicted molar refractivity (Wildman–Crippen MR) is 93.1 cm³/mol. The molecule has 0 amide bonds. The van der Waals surface area contributed by atoms with Crippen LogP contribution in [-0.2, 0) is 49.7 Å². The van der Waals surface area contributed by atoms with Crippen LogP contribution in [0.5, 0.6) is 0 Å². The van der Waals surface area contributed by atoms with Crippen molar-refractivity contribution in [1.82, 2.24) is 0 Å². The monoisotopic (exact) mass is 556 g/mol. The van der Waals surface area contributed by atoms with Gasteiger partial charge in [0.15, 0.2) is 6.29 Å². The molecule has 0 aromatic carbocycles. The van der Waals surface area contributed by atoms with Crippen molar-refractivity contribution in [3.05, 3.63) is 0 Å². The summed E-state index contributed by atoms with van der Waals surface area (Å²) in [6, 6.07) is 0. The van der Waals surface area contributed by atoms with Crippen molar-refractivity contribution < 1.29 is 89.7 Å². The van der Waals surface area contributed by atoms with Crippen LogP contribution < -0.4 is 0 Å². The summed E-state index contributed by atoms with van der Waals surface area (Å²) < 4.78 is 75.8. The second-order valence-electron chi connectivity index (χ2n) is 6.21. The van der Waals surface area contributed by atoms with Crippen LogP contribution in [-0.4, -0.2) is 96.6 Å². The van der Waals surface area contributed by atoms with E-state index in [-0.39, 0.29) is 6.61 Å². The fraction of sp³-hybridized carbons (Fsp3) is 1.00. The van der Waals surface area contributed by atoms with Crippen molar-refractivity contribution >= 4 is 31.3 Å². The molecule has 32 heavy (non-hydrogen) atoms. The fourth-order valence-corrected chi connectivity index (χ4v) is 7.27. The smallest absolute Gasteiger partial charge is 0.388 e. The van der Waals surface area contributed by atoms with E-state index in [1.54, 1.807) is 0 Å². The Morgan fingerprint density at radius 3 is 1.62 bits per heavy atom. The van der Waals surface area contributed by atoms with Gasteiger partial charge in [0.2, 0.25) is 0 Å². The van der Waals surface area contributed by atoms with Gasteiger partial charge in [0.05, 0.1) is 19.8 Å². The third-order valence-electron chi connectivity index (χ3n) is 3.62. The lowest BCUT2D eigenvalue weighted by molar-refractivity contribution is -0.104. The van der Waals surface area contributed by atoms with Crippen molar-refractivity contribution in [2.24, 2.45) is 0 Å². The van der Waals surface area contributed by atoms with Gasteiger partial charge >= 0.3 is 31.3 Å². The summed E-state index contributed by atoms with van der Waals surface area (Å²) in [7, 11) is -23.2. The van der Waals surface area contributed by atoms with Gasteiger partial charge in [-0.3, -0.25) is 9.05 Å². The van der Waals surface area contributed by atoms with Gasteiger partial charge in [-0.2, -0.15) is 12.9 Å². The van der Waals surface area contributed by atoms with E-state index in [2.05, 4.69) is 26.7 Å². The minimum Gasteiger partial charge on any atom is -0.388 e. The fourth-order valence-electron chi connectivity index (χ4n) is 2.24. The van der Waals surface area contributed by atoms with E-state index in [9.17, 15) is 58.3 Å². The van der Waals surface area contributed by atoms with Gasteiger partial charge in [0.25, 0.3) is 0 Å². The van der Waals surface area contributed by atoms with E-state index in [1.807, 2.05) is 0 Å². The molecule has 0 aliphatic carbocycles. The molecule has 2 aliphatic rings. The number of phosphoric ester groups is 2. The summed E-state index contributed by atoms with van der Waals surface area (Å²) in [4.78, 5) is 37.6. The van der Waals surface area contributed by atoms with Crippen LogP contribution in [0.4, 0.5) is 0 Å². The van der Waals surface area contributed by atoms with Gasteiger partial charge in [-0.15, -0.1) is 0 Å². The molecular formula is C9H20O19P4. The summed E-state index contributed by atoms with van der Waals surface area (Å²) >= 11 is 0. The highest BCUT2D eigenvalue weighted by atomic mass is 31.3. The average Bonchev–Trinajstić information content (AvgIpc) is 3.06. The van der Waals surface area contributed by atoms with E-state index in [0.717, 1.165) is 0 Å². The summed E-state index contributed by atoms with van der Waals surface area (Å²) in [6.45, 7) is -1.81. The molecule has 2 saturated heterocycles. The van der Waals surface area contributed by atoms with Crippen LogP contribution >= 0.6 is 31.3 Å². The zero-order valence-corrected chi connectivity index (χ0v) is 19.0. The van der Waals surface area contributed by atoms with Crippen molar-refractivity contribution in [3.8, 4) is 0 Å². The molecule has 0 aromatic rings. The van der Waals surface area contributed by atoms with Gasteiger partial charge in [-0.1, -0.05) is 0 Å². The molecule has 19 nitrogen and oxygen atoms in total. The normalized spacial score (nSPS) is 38.5. The first-order valence-corrected chi connectivity index (χ1v) is 14.1. The molecule has 0 saturated carbocycles. The maximum absolute atomic E-state index is 11.7. The third kappa shape index (κ3) is 8.52. The van der Waals surface area contributed by atoms with E-state index >= 15 is 0 Å². The van der Waals surface area contributed by atoms with Gasteiger partial charge in [-0.05, 0) is 0 Å². The Labute approximate surface area is 178 Å². The van der Waals surface area contributed by atoms with Gasteiger partial charge in [0.1, 0.15) is 30.5 Å². The average molecular weight is 556 g/mol. The van der Waals surface area contributed by atoms with E-state index in [4.69, 9.17) is 4.74 Å². The molecule has 8 N–H and O–H groups in total. The van der Waals surface area contributed by atoms with Crippen LogP contribution in [0.2, 0.25) is 0 Å². The molecule has 0 aromatic heterocycles. The Morgan fingerprint density at radius 1 is 0.688 bits per heavy atom. The Bertz CT molecular complexity index is 847. The number of hydrogen-bond acceptors (Lipinski definition) is 15. The van der Waals surface area contributed by atoms with Crippen molar-refractivity contribution in [2.75, 3.05) is 19.8 Å². The summed E-state index contributed by atoms with van der Waals surface area (Å²) in [6.07, 6.45) is -9.56. The van der Waals surface area contributed by atoms with Gasteiger partial charge in [0, 0.05) is 0 Å². The summed E-state index contributed by atoms with van der Waals surface area (Å²) in [5.74, 6) is 0. The van der Waals surface area contributed by atoms with Crippen LogP contribution in [0.15, 0.2) is 0 Å². The van der Waals surface area contributed by atoms with E-state index in [1.165, 1.54) is 0 Å². The lowest BCUT2D eigenvalue weighted by Crippen LogP contribution is -2.32. The lowest BCUT2D eigenvalue weighted by atomic mass is 10.2. The van der Waals surface area contributed by atoms with Crippen LogP contribution in [0.3, 0.4) is 0 Å². The lowest BCUT2D eigenvalue weighted by Gasteiger charge is -2.22. The molecule has 190 valence electrons. The summed E-state index contributed by atoms with van der Waals surface area (Å²) in [5, 5.41) is 37.4. The standard InChI is InChI=1S/C9H20O19P4/c10-4-1-22-6(7(4)12)3-24-29(14,15)26-31(18,19)28-32(20,21)27-30(16,17)25-9-8(13)5(11)2-23-9/h4-13H,1-3H2,(H,14,15)(H,16,17)(H,18,19)(H,20,21)/t4?,5?,6-,7-,8?,9-/m1/s1. The molecule has 0 radical (unpaired) electrons. The Balaban J connectivity index is 1.92. The molecule has 0 bridgehead atoms. The van der Waals surface area contributed by atoms with E-state index < -0.39 is 81.3 Å². The quantitative estimate of drug-likeness (QED) is 0.124. The molecule has 2 aliphatic heterocycles. The minimum absolute atomic E-state index is 0.344. The highest BCUT2D eigenvalue weighted by Crippen LogP contribution is 2.71. The van der Waals surface area contributed by atoms with Crippen molar-refractivity contribution in [3.63, 3.8) is 0 Å². The second-order valence-corrected chi connectivity index (χ2v) is 12.4. The topological polar surface area (TPSA) is 295 Å². The number of hydrogen-bond donors (Lipinski definition) is 8. The number of ether oxygens (including phenoxy) is 2. The largest absolute Gasteiger partial charge is 0.490 e. The first kappa shape index (κ1) is 28.6. The maximum Gasteiger partial charge on any atom is 0.490 e. The first-order chi connectivity index (χ1) is 14.4. The molecule has 0 spiro atoms. The zero-order chi connectivity index (χ0) is 24.5. The second kappa shape index (κ2) is 10.5. The molecule has 7 unspecified atom stereocenters. The van der Waals surface area contributed by atoms with Crippen LogP contribution in [0.25, 0.3) is 0 Å². The summed E-state index contributed by atoms with van der Waals surface area (Å²) in [5.41, 5.74) is 0. The molecule has 23 heteroatoms. The van der Waals surface area contributed by atoms with Gasteiger partial charge in [-0.25, -0.2) is 18.3 Å². The molecular weight excluding hydrogens is 536 g/mol. The van der Waals surface area contributed by atoms with Crippen molar-refractivity contribution in [1.29, 1.82) is 0 Å².